The van der Waals surface area contributed by atoms with Gasteiger partial charge in [0.2, 0.25) is 16.9 Å². The van der Waals surface area contributed by atoms with Crippen LogP contribution in [0.25, 0.3) is 17.1 Å². The fraction of sp³-hybridized carbons (Fsp3) is 0.304. The van der Waals surface area contributed by atoms with Gasteiger partial charge in [-0.05, 0) is 37.1 Å². The molecule has 0 spiro atoms. The summed E-state index contributed by atoms with van der Waals surface area (Å²) in [5, 5.41) is 13.9. The molecule has 2 aromatic carbocycles. The van der Waals surface area contributed by atoms with Gasteiger partial charge in [0, 0.05) is 11.5 Å². The van der Waals surface area contributed by atoms with Gasteiger partial charge in [0.25, 0.3) is 0 Å². The van der Waals surface area contributed by atoms with Gasteiger partial charge in [-0.1, -0.05) is 67.4 Å². The van der Waals surface area contributed by atoms with E-state index in [0.717, 1.165) is 22.2 Å². The highest BCUT2D eigenvalue weighted by molar-refractivity contribution is 7.98. The molecule has 0 unspecified atom stereocenters. The third-order valence-corrected chi connectivity index (χ3v) is 6.22. The molecule has 0 bridgehead atoms. The van der Waals surface area contributed by atoms with E-state index in [2.05, 4.69) is 22.3 Å². The number of thioether (sulfide) groups is 1. The summed E-state index contributed by atoms with van der Waals surface area (Å²) in [6.45, 7) is 0. The molecule has 1 aliphatic carbocycles. The molecular formula is C23H23N5OS. The van der Waals surface area contributed by atoms with Crippen LogP contribution in [-0.4, -0.2) is 25.0 Å². The van der Waals surface area contributed by atoms with Gasteiger partial charge in [-0.3, -0.25) is 0 Å². The van der Waals surface area contributed by atoms with Crippen LogP contribution in [0, 0.1) is 0 Å². The van der Waals surface area contributed by atoms with Gasteiger partial charge in [0.15, 0.2) is 0 Å². The van der Waals surface area contributed by atoms with Gasteiger partial charge in [-0.25, -0.2) is 9.67 Å². The zero-order valence-electron chi connectivity index (χ0n) is 16.6. The van der Waals surface area contributed by atoms with E-state index in [0.29, 0.717) is 23.5 Å². The number of hydrogen-bond donors (Lipinski definition) is 0. The molecule has 0 amide bonds. The van der Waals surface area contributed by atoms with E-state index in [1.54, 1.807) is 0 Å². The molecule has 30 heavy (non-hydrogen) atoms. The van der Waals surface area contributed by atoms with E-state index in [9.17, 15) is 0 Å². The molecule has 152 valence electrons. The van der Waals surface area contributed by atoms with Crippen LogP contribution in [0.5, 0.6) is 0 Å². The lowest BCUT2D eigenvalue weighted by Crippen LogP contribution is -2.12. The van der Waals surface area contributed by atoms with E-state index in [1.165, 1.54) is 43.9 Å². The number of hydrogen-bond acceptors (Lipinski definition) is 6. The van der Waals surface area contributed by atoms with Crippen molar-refractivity contribution in [2.45, 2.75) is 48.9 Å². The molecule has 0 saturated heterocycles. The first-order valence-electron chi connectivity index (χ1n) is 10.4. The number of para-hydroxylation sites is 1. The Bertz CT molecular complexity index is 1090. The van der Waals surface area contributed by atoms with Gasteiger partial charge in [-0.15, -0.1) is 15.3 Å². The maximum atomic E-state index is 5.82. The molecule has 1 saturated carbocycles. The van der Waals surface area contributed by atoms with Crippen molar-refractivity contribution in [1.29, 1.82) is 0 Å². The molecule has 0 N–H and O–H groups in total. The smallest absolute Gasteiger partial charge is 0.247 e. The predicted octanol–water partition coefficient (Wildman–Crippen LogP) is 5.66. The summed E-state index contributed by atoms with van der Waals surface area (Å²) in [5.41, 5.74) is 1.98. The minimum Gasteiger partial charge on any atom is -0.420 e. The molecular weight excluding hydrogens is 394 g/mol. The van der Waals surface area contributed by atoms with Gasteiger partial charge in [-0.2, -0.15) is 0 Å². The number of aromatic nitrogens is 5. The highest BCUT2D eigenvalue weighted by Gasteiger charge is 2.23. The Labute approximate surface area is 179 Å². The zero-order valence-corrected chi connectivity index (χ0v) is 17.5. The summed E-state index contributed by atoms with van der Waals surface area (Å²) >= 11 is 1.54. The molecule has 0 aliphatic heterocycles. The van der Waals surface area contributed by atoms with E-state index < -0.39 is 0 Å². The second kappa shape index (κ2) is 8.83. The Morgan fingerprint density at radius 1 is 0.900 bits per heavy atom. The summed E-state index contributed by atoms with van der Waals surface area (Å²) in [4.78, 5) is 4.92. The molecule has 1 aliphatic rings. The molecule has 0 radical (unpaired) electrons. The standard InChI is InChI=1S/C23H23N5OS/c1-4-10-17(11-5-1)21-24-23(27-28(21)19-14-8-3-9-15-19)30-16-20-25-26-22(29-20)18-12-6-2-7-13-18/h2-3,6-9,12-15,17H,1,4-5,10-11,16H2. The van der Waals surface area contributed by atoms with Crippen molar-refractivity contribution < 1.29 is 4.42 Å². The Morgan fingerprint density at radius 3 is 2.40 bits per heavy atom. The zero-order chi connectivity index (χ0) is 20.2. The van der Waals surface area contributed by atoms with Crippen molar-refractivity contribution in [3.8, 4) is 17.1 Å². The van der Waals surface area contributed by atoms with Gasteiger partial charge in [0.1, 0.15) is 5.82 Å². The predicted molar refractivity (Wildman–Crippen MR) is 116 cm³/mol. The van der Waals surface area contributed by atoms with Crippen molar-refractivity contribution in [3.63, 3.8) is 0 Å². The fourth-order valence-electron chi connectivity index (χ4n) is 3.89. The first kappa shape index (κ1) is 19.1. The van der Waals surface area contributed by atoms with E-state index in [4.69, 9.17) is 14.5 Å². The van der Waals surface area contributed by atoms with E-state index in [-0.39, 0.29) is 0 Å². The van der Waals surface area contributed by atoms with Crippen molar-refractivity contribution >= 4 is 11.8 Å². The van der Waals surface area contributed by atoms with Gasteiger partial charge < -0.3 is 4.42 Å². The van der Waals surface area contributed by atoms with Crippen molar-refractivity contribution in [2.75, 3.05) is 0 Å². The Kier molecular flexibility index (Phi) is 5.61. The van der Waals surface area contributed by atoms with Gasteiger partial charge in [0.05, 0.1) is 11.4 Å². The highest BCUT2D eigenvalue weighted by Crippen LogP contribution is 2.34. The Hall–Kier alpha value is -2.93. The monoisotopic (exact) mass is 417 g/mol. The molecule has 1 fully saturated rings. The van der Waals surface area contributed by atoms with Gasteiger partial charge >= 0.3 is 0 Å². The van der Waals surface area contributed by atoms with E-state index in [1.807, 2.05) is 53.2 Å². The molecule has 5 rings (SSSR count). The summed E-state index contributed by atoms with van der Waals surface area (Å²) in [6, 6.07) is 20.1. The molecule has 0 atom stereocenters. The van der Waals surface area contributed by atoms with Crippen molar-refractivity contribution in [3.05, 3.63) is 72.4 Å². The molecule has 4 aromatic rings. The first-order valence-corrected chi connectivity index (χ1v) is 11.4. The van der Waals surface area contributed by atoms with Crippen LogP contribution >= 0.6 is 11.8 Å². The molecule has 2 heterocycles. The lowest BCUT2D eigenvalue weighted by molar-refractivity contribution is 0.422. The van der Waals surface area contributed by atoms with Crippen molar-refractivity contribution in [1.82, 2.24) is 25.0 Å². The third-order valence-electron chi connectivity index (χ3n) is 5.40. The number of rotatable bonds is 6. The average molecular weight is 418 g/mol. The summed E-state index contributed by atoms with van der Waals surface area (Å²) in [6.07, 6.45) is 6.20. The summed E-state index contributed by atoms with van der Waals surface area (Å²) in [7, 11) is 0. The molecule has 6 nitrogen and oxygen atoms in total. The fourth-order valence-corrected chi connectivity index (χ4v) is 4.55. The van der Waals surface area contributed by atoms with Crippen LogP contribution in [-0.2, 0) is 5.75 Å². The lowest BCUT2D eigenvalue weighted by atomic mass is 9.88. The van der Waals surface area contributed by atoms with Crippen LogP contribution in [0.3, 0.4) is 0 Å². The van der Waals surface area contributed by atoms with Crippen LogP contribution in [0.15, 0.2) is 70.2 Å². The number of nitrogens with zero attached hydrogens (tertiary/aromatic N) is 5. The molecule has 2 aromatic heterocycles. The maximum absolute atomic E-state index is 5.82. The highest BCUT2D eigenvalue weighted by atomic mass is 32.2. The van der Waals surface area contributed by atoms with Crippen LogP contribution in [0.1, 0.15) is 49.7 Å². The minimum atomic E-state index is 0.467. The maximum Gasteiger partial charge on any atom is 0.247 e. The van der Waals surface area contributed by atoms with Crippen LogP contribution in [0.2, 0.25) is 0 Å². The topological polar surface area (TPSA) is 69.6 Å². The largest absolute Gasteiger partial charge is 0.420 e. The van der Waals surface area contributed by atoms with Crippen LogP contribution < -0.4 is 0 Å². The first-order chi connectivity index (χ1) is 14.9. The van der Waals surface area contributed by atoms with E-state index >= 15 is 0 Å². The summed E-state index contributed by atoms with van der Waals surface area (Å²) in [5.74, 6) is 3.20. The third kappa shape index (κ3) is 4.16. The second-order valence-electron chi connectivity index (χ2n) is 7.49. The van der Waals surface area contributed by atoms with Crippen molar-refractivity contribution in [2.24, 2.45) is 0 Å². The SMILES string of the molecule is c1ccc(-c2nnc(CSc3nc(C4CCCCC4)n(-c4ccccc4)n3)o2)cc1. The Morgan fingerprint density at radius 2 is 1.63 bits per heavy atom. The minimum absolute atomic E-state index is 0.467. The normalized spacial score (nSPS) is 14.8. The lowest BCUT2D eigenvalue weighted by Gasteiger charge is -2.21. The van der Waals surface area contributed by atoms with Crippen LogP contribution in [0.4, 0.5) is 0 Å². The number of benzene rings is 2. The quantitative estimate of drug-likeness (QED) is 0.377. The average Bonchev–Trinajstić information content (AvgIpc) is 3.47. The Balaban J connectivity index is 1.36. The second-order valence-corrected chi connectivity index (χ2v) is 8.43. The summed E-state index contributed by atoms with van der Waals surface area (Å²) < 4.78 is 7.84. The molecule has 7 heteroatoms.